The molecule has 0 aromatic rings. The molecule has 230 valence electrons. The third kappa shape index (κ3) is 9.44. The minimum absolute atomic E-state index is 0.339. The molecule has 2 rings (SSSR count). The summed E-state index contributed by atoms with van der Waals surface area (Å²) in [5, 5.41) is 20.6. The van der Waals surface area contributed by atoms with Gasteiger partial charge in [-0.3, -0.25) is 9.59 Å². The molecule has 4 heteroatoms. The predicted octanol–water partition coefficient (Wildman–Crippen LogP) is 8.52. The molecule has 0 radical (unpaired) electrons. The summed E-state index contributed by atoms with van der Waals surface area (Å²) < 4.78 is 0. The van der Waals surface area contributed by atoms with Crippen molar-refractivity contribution < 1.29 is 19.8 Å². The highest BCUT2D eigenvalue weighted by atomic mass is 16.3. The zero-order valence-electron chi connectivity index (χ0n) is 27.7. The lowest BCUT2D eigenvalue weighted by molar-refractivity contribution is -0.137. The van der Waals surface area contributed by atoms with Gasteiger partial charge in [0, 0.05) is 11.0 Å². The van der Waals surface area contributed by atoms with Gasteiger partial charge in [-0.2, -0.15) is 0 Å². The number of ketones is 2. The number of Topliss-reactive ketones (excluding diaryl/α,β-unsaturated/α-hetero) is 2. The van der Waals surface area contributed by atoms with Gasteiger partial charge in [-0.1, -0.05) is 127 Å². The Morgan fingerprint density at radius 2 is 1.09 bits per heavy atom. The van der Waals surface area contributed by atoms with E-state index in [0.29, 0.717) is 12.0 Å². The Balaban J connectivity index is 1.93. The summed E-state index contributed by atoms with van der Waals surface area (Å²) in [6, 6.07) is 0. The number of carbonyl (C=O) groups excluding carboxylic acids is 2. The van der Waals surface area contributed by atoms with Crippen molar-refractivity contribution in [1.29, 1.82) is 0 Å². The van der Waals surface area contributed by atoms with Crippen molar-refractivity contribution in [2.24, 2.45) is 10.8 Å². The quantitative estimate of drug-likeness (QED) is 0.200. The van der Waals surface area contributed by atoms with Crippen LogP contribution in [0.5, 0.6) is 0 Å². The lowest BCUT2D eigenvalue weighted by atomic mass is 9.69. The molecule has 0 fully saturated rings. The summed E-state index contributed by atoms with van der Waals surface area (Å²) in [7, 11) is 0. The molecule has 2 aliphatic carbocycles. The van der Waals surface area contributed by atoms with E-state index >= 15 is 0 Å². The Kier molecular flexibility index (Phi) is 12.6. The minimum atomic E-state index is -0.773. The SMILES string of the molecule is CC1=C(/C=C/C(C)=C/C=C/C(C)=C/C=C/C=C(C)/C=C/C=C(C)/C=C/C2=C(C)C(=O)C(=O)C2(C)C)C(C)(C)[C@@H](O)[C@H](O)C1. The summed E-state index contributed by atoms with van der Waals surface area (Å²) in [5.41, 5.74) is 6.62. The summed E-state index contributed by atoms with van der Waals surface area (Å²) in [5.74, 6) is -0.719. The van der Waals surface area contributed by atoms with E-state index < -0.39 is 23.0 Å². The lowest BCUT2D eigenvalue weighted by Gasteiger charge is -2.40. The van der Waals surface area contributed by atoms with Gasteiger partial charge in [0.15, 0.2) is 0 Å². The van der Waals surface area contributed by atoms with E-state index in [-0.39, 0.29) is 11.6 Å². The minimum Gasteiger partial charge on any atom is -0.390 e. The summed E-state index contributed by atoms with van der Waals surface area (Å²) in [6.45, 7) is 19.4. The summed E-state index contributed by atoms with van der Waals surface area (Å²) in [6.07, 6.45) is 27.2. The van der Waals surface area contributed by atoms with Crippen molar-refractivity contribution in [3.8, 4) is 0 Å². The van der Waals surface area contributed by atoms with Gasteiger partial charge in [0.25, 0.3) is 0 Å². The Morgan fingerprint density at radius 3 is 1.53 bits per heavy atom. The third-order valence-corrected chi connectivity index (χ3v) is 8.26. The molecular formula is C39H50O4. The molecule has 0 amide bonds. The second-order valence-corrected chi connectivity index (χ2v) is 12.9. The largest absolute Gasteiger partial charge is 0.390 e. The van der Waals surface area contributed by atoms with Gasteiger partial charge in [-0.25, -0.2) is 0 Å². The molecule has 0 saturated carbocycles. The molecule has 0 bridgehead atoms. The normalized spacial score (nSPS) is 24.6. The fourth-order valence-electron chi connectivity index (χ4n) is 5.35. The number of allylic oxidation sites excluding steroid dienone is 20. The molecule has 0 saturated heterocycles. The maximum atomic E-state index is 12.2. The Bertz CT molecular complexity index is 1440. The molecule has 43 heavy (non-hydrogen) atoms. The van der Waals surface area contributed by atoms with Gasteiger partial charge < -0.3 is 10.2 Å². The molecule has 0 unspecified atom stereocenters. The highest BCUT2D eigenvalue weighted by Crippen LogP contribution is 2.41. The maximum Gasteiger partial charge on any atom is 0.225 e. The van der Waals surface area contributed by atoms with Crippen LogP contribution in [0.4, 0.5) is 0 Å². The van der Waals surface area contributed by atoms with Crippen LogP contribution in [0.15, 0.2) is 130 Å². The molecule has 2 N–H and O–H groups in total. The number of carbonyl (C=O) groups is 2. The molecule has 2 atom stereocenters. The first-order chi connectivity index (χ1) is 20.0. The third-order valence-electron chi connectivity index (χ3n) is 8.26. The molecule has 2 aliphatic rings. The van der Waals surface area contributed by atoms with Crippen LogP contribution in [0, 0.1) is 10.8 Å². The fourth-order valence-corrected chi connectivity index (χ4v) is 5.35. The van der Waals surface area contributed by atoms with E-state index in [4.69, 9.17) is 0 Å². The van der Waals surface area contributed by atoms with E-state index in [2.05, 4.69) is 37.3 Å². The van der Waals surface area contributed by atoms with Crippen LogP contribution >= 0.6 is 0 Å². The lowest BCUT2D eigenvalue weighted by Crippen LogP contribution is -2.44. The van der Waals surface area contributed by atoms with Crippen molar-refractivity contribution in [3.05, 3.63) is 130 Å². The van der Waals surface area contributed by atoms with Crippen molar-refractivity contribution in [2.75, 3.05) is 0 Å². The van der Waals surface area contributed by atoms with Gasteiger partial charge in [0.05, 0.1) is 17.6 Å². The Labute approximate surface area is 259 Å². The van der Waals surface area contributed by atoms with E-state index in [1.165, 1.54) is 0 Å². The van der Waals surface area contributed by atoms with E-state index in [0.717, 1.165) is 39.0 Å². The van der Waals surface area contributed by atoms with Gasteiger partial charge in [0.1, 0.15) is 0 Å². The van der Waals surface area contributed by atoms with E-state index in [9.17, 15) is 19.8 Å². The van der Waals surface area contributed by atoms with Gasteiger partial charge in [-0.15, -0.1) is 0 Å². The van der Waals surface area contributed by atoms with Crippen molar-refractivity contribution in [1.82, 2.24) is 0 Å². The van der Waals surface area contributed by atoms with Crippen molar-refractivity contribution in [3.63, 3.8) is 0 Å². The molecule has 0 aromatic heterocycles. The van der Waals surface area contributed by atoms with Crippen LogP contribution < -0.4 is 0 Å². The first kappa shape index (κ1) is 35.6. The Morgan fingerprint density at radius 1 is 0.674 bits per heavy atom. The average Bonchev–Trinajstić information content (AvgIpc) is 3.06. The summed E-state index contributed by atoms with van der Waals surface area (Å²) in [4.78, 5) is 24.2. The van der Waals surface area contributed by atoms with Crippen LogP contribution in [0.25, 0.3) is 0 Å². The van der Waals surface area contributed by atoms with Crippen LogP contribution in [0.1, 0.15) is 75.7 Å². The predicted molar refractivity (Wildman–Crippen MR) is 180 cm³/mol. The van der Waals surface area contributed by atoms with Gasteiger partial charge in [0.2, 0.25) is 11.6 Å². The van der Waals surface area contributed by atoms with Gasteiger partial charge in [-0.05, 0) is 73.0 Å². The van der Waals surface area contributed by atoms with Crippen LogP contribution in [-0.4, -0.2) is 34.0 Å². The second kappa shape index (κ2) is 15.2. The Hall–Kier alpha value is -3.60. The second-order valence-electron chi connectivity index (χ2n) is 12.9. The molecule has 0 spiro atoms. The number of aliphatic hydroxyl groups is 2. The van der Waals surface area contributed by atoms with Crippen molar-refractivity contribution >= 4 is 11.6 Å². The molecular weight excluding hydrogens is 532 g/mol. The topological polar surface area (TPSA) is 74.6 Å². The molecule has 0 heterocycles. The smallest absolute Gasteiger partial charge is 0.225 e. The average molecular weight is 583 g/mol. The van der Waals surface area contributed by atoms with E-state index in [1.54, 1.807) is 20.8 Å². The maximum absolute atomic E-state index is 12.2. The first-order valence-corrected chi connectivity index (χ1v) is 14.9. The van der Waals surface area contributed by atoms with Gasteiger partial charge >= 0.3 is 0 Å². The summed E-state index contributed by atoms with van der Waals surface area (Å²) >= 11 is 0. The standard InChI is InChI=1S/C39H50O4/c1-26(17-13-19-28(3)21-23-32-30(5)25-34(40)36(42)38(32,7)8)15-11-12-16-27(2)18-14-20-29(4)22-24-33-31(6)35(41)37(43)39(33,9)10/h11-24,34,36,40,42H,25H2,1-10H3/b12-11+,17-13+,18-14+,23-21+,24-22+,26-15+,27-16+,28-19+,29-20+/t34-,36+/m1/s1. The fraction of sp³-hybridized carbons (Fsp3) is 0.385. The van der Waals surface area contributed by atoms with Crippen LogP contribution in [-0.2, 0) is 9.59 Å². The highest BCUT2D eigenvalue weighted by Gasteiger charge is 2.44. The zero-order chi connectivity index (χ0) is 32.5. The highest BCUT2D eigenvalue weighted by molar-refractivity contribution is 6.48. The number of rotatable bonds is 10. The van der Waals surface area contributed by atoms with Crippen LogP contribution in [0.2, 0.25) is 0 Å². The van der Waals surface area contributed by atoms with E-state index in [1.807, 2.05) is 96.2 Å². The molecule has 0 aliphatic heterocycles. The number of hydrogen-bond acceptors (Lipinski definition) is 4. The van der Waals surface area contributed by atoms with Crippen molar-refractivity contribution in [2.45, 2.75) is 87.9 Å². The zero-order valence-corrected chi connectivity index (χ0v) is 27.7. The molecule has 0 aromatic carbocycles. The van der Waals surface area contributed by atoms with Crippen LogP contribution in [0.3, 0.4) is 0 Å². The molecule has 4 nitrogen and oxygen atoms in total. The number of aliphatic hydroxyl groups excluding tert-OH is 2. The number of hydrogen-bond donors (Lipinski definition) is 2. The first-order valence-electron chi connectivity index (χ1n) is 14.9. The monoisotopic (exact) mass is 582 g/mol.